The number of ether oxygens (including phenoxy) is 1. The van der Waals surface area contributed by atoms with Gasteiger partial charge in [0.1, 0.15) is 0 Å². The van der Waals surface area contributed by atoms with Gasteiger partial charge in [-0.2, -0.15) is 13.2 Å². The van der Waals surface area contributed by atoms with Gasteiger partial charge in [-0.3, -0.25) is 0 Å². The lowest BCUT2D eigenvalue weighted by Gasteiger charge is -2.15. The fraction of sp³-hybridized carbons (Fsp3) is 0.444. The number of aliphatic hydroxyl groups is 1. The molecule has 6 heteroatoms. The van der Waals surface area contributed by atoms with Gasteiger partial charge in [0.25, 0.3) is 0 Å². The summed E-state index contributed by atoms with van der Waals surface area (Å²) in [4.78, 5) is 3.73. The zero-order chi connectivity index (χ0) is 11.5. The lowest BCUT2D eigenvalue weighted by molar-refractivity contribution is -0.203. The van der Waals surface area contributed by atoms with E-state index in [1.807, 2.05) is 0 Å². The number of methoxy groups -OCH3 is 1. The number of pyridine rings is 1. The monoisotopic (exact) mass is 221 g/mol. The number of rotatable bonds is 3. The Labute approximate surface area is 84.5 Å². The number of nitrogens with zero attached hydrogens (tertiary/aromatic N) is 1. The van der Waals surface area contributed by atoms with Gasteiger partial charge in [-0.1, -0.05) is 6.07 Å². The first kappa shape index (κ1) is 11.8. The van der Waals surface area contributed by atoms with Crippen molar-refractivity contribution in [1.82, 2.24) is 4.98 Å². The molecule has 1 heterocycles. The maximum atomic E-state index is 12.1. The average Bonchev–Trinajstić information content (AvgIpc) is 2.17. The Kier molecular flexibility index (Phi) is 3.52. The maximum Gasteiger partial charge on any atom is 0.414 e. The summed E-state index contributed by atoms with van der Waals surface area (Å²) in [6, 6.07) is 2.92. The minimum Gasteiger partial charge on any atom is -0.481 e. The molecule has 0 spiro atoms. The molecule has 1 aromatic rings. The molecule has 3 nitrogen and oxygen atoms in total. The van der Waals surface area contributed by atoms with Crippen LogP contribution < -0.4 is 4.74 Å². The molecular formula is C9H10F3NO2. The van der Waals surface area contributed by atoms with Gasteiger partial charge < -0.3 is 9.84 Å². The van der Waals surface area contributed by atoms with Crippen molar-refractivity contribution in [3.63, 3.8) is 0 Å². The van der Waals surface area contributed by atoms with Crippen LogP contribution in [0.4, 0.5) is 13.2 Å². The zero-order valence-electron chi connectivity index (χ0n) is 7.95. The second-order valence-corrected chi connectivity index (χ2v) is 2.93. The standard InChI is InChI=1S/C9H10F3NO2/c1-15-8-6(3-2-4-13-8)5-7(14)9(10,11)12/h2-4,7,14H,5H2,1H3. The van der Waals surface area contributed by atoms with Crippen molar-refractivity contribution in [3.05, 3.63) is 23.9 Å². The Morgan fingerprint density at radius 3 is 2.73 bits per heavy atom. The van der Waals surface area contributed by atoms with E-state index < -0.39 is 18.7 Å². The Bertz CT molecular complexity index is 327. The van der Waals surface area contributed by atoms with Crippen molar-refractivity contribution in [3.8, 4) is 5.88 Å². The minimum absolute atomic E-state index is 0.0980. The quantitative estimate of drug-likeness (QED) is 0.842. The van der Waals surface area contributed by atoms with Crippen LogP contribution in [0.25, 0.3) is 0 Å². The van der Waals surface area contributed by atoms with Crippen LogP contribution in [0.5, 0.6) is 5.88 Å². The molecule has 1 rings (SSSR count). The summed E-state index contributed by atoms with van der Waals surface area (Å²) in [5.74, 6) is 0.0980. The predicted molar refractivity (Wildman–Crippen MR) is 46.6 cm³/mol. The molecule has 0 aliphatic rings. The van der Waals surface area contributed by atoms with Gasteiger partial charge in [0.2, 0.25) is 5.88 Å². The summed E-state index contributed by atoms with van der Waals surface area (Å²) >= 11 is 0. The van der Waals surface area contributed by atoms with Crippen LogP contribution in [0.3, 0.4) is 0 Å². The molecule has 0 radical (unpaired) electrons. The lowest BCUT2D eigenvalue weighted by atomic mass is 10.1. The van der Waals surface area contributed by atoms with Gasteiger partial charge in [-0.05, 0) is 6.07 Å². The maximum absolute atomic E-state index is 12.1. The molecule has 1 atom stereocenters. The van der Waals surface area contributed by atoms with Crippen LogP contribution in [0.1, 0.15) is 5.56 Å². The zero-order valence-corrected chi connectivity index (χ0v) is 7.95. The molecule has 0 aliphatic heterocycles. The van der Waals surface area contributed by atoms with E-state index in [1.165, 1.54) is 25.4 Å². The number of alkyl halides is 3. The van der Waals surface area contributed by atoms with Crippen molar-refractivity contribution < 1.29 is 23.0 Å². The fourth-order valence-electron chi connectivity index (χ4n) is 1.09. The van der Waals surface area contributed by atoms with Gasteiger partial charge in [0.15, 0.2) is 6.10 Å². The molecule has 84 valence electrons. The molecule has 15 heavy (non-hydrogen) atoms. The first-order valence-corrected chi connectivity index (χ1v) is 4.18. The van der Waals surface area contributed by atoms with Gasteiger partial charge in [0, 0.05) is 18.2 Å². The van der Waals surface area contributed by atoms with Crippen LogP contribution >= 0.6 is 0 Å². The van der Waals surface area contributed by atoms with E-state index in [9.17, 15) is 13.2 Å². The summed E-state index contributed by atoms with van der Waals surface area (Å²) in [7, 11) is 1.31. The van der Waals surface area contributed by atoms with E-state index in [2.05, 4.69) is 4.98 Å². The summed E-state index contributed by atoms with van der Waals surface area (Å²) in [5.41, 5.74) is 0.227. The van der Waals surface area contributed by atoms with Crippen LogP contribution in [-0.4, -0.2) is 29.5 Å². The van der Waals surface area contributed by atoms with Crippen LogP contribution in [0.2, 0.25) is 0 Å². The van der Waals surface area contributed by atoms with E-state index in [1.54, 1.807) is 0 Å². The van der Waals surface area contributed by atoms with E-state index in [-0.39, 0.29) is 11.4 Å². The van der Waals surface area contributed by atoms with Crippen molar-refractivity contribution in [2.75, 3.05) is 7.11 Å². The number of hydrogen-bond donors (Lipinski definition) is 1. The van der Waals surface area contributed by atoms with Crippen LogP contribution in [-0.2, 0) is 6.42 Å². The lowest BCUT2D eigenvalue weighted by Crippen LogP contribution is -2.30. The molecule has 1 N–H and O–H groups in total. The van der Waals surface area contributed by atoms with Crippen molar-refractivity contribution in [2.45, 2.75) is 18.7 Å². The summed E-state index contributed by atoms with van der Waals surface area (Å²) in [6.45, 7) is 0. The second kappa shape index (κ2) is 4.48. The Morgan fingerprint density at radius 1 is 1.53 bits per heavy atom. The fourth-order valence-corrected chi connectivity index (χ4v) is 1.09. The van der Waals surface area contributed by atoms with Crippen molar-refractivity contribution in [1.29, 1.82) is 0 Å². The van der Waals surface area contributed by atoms with Crippen LogP contribution in [0, 0.1) is 0 Å². The Balaban J connectivity index is 2.80. The highest BCUT2D eigenvalue weighted by Gasteiger charge is 2.38. The van der Waals surface area contributed by atoms with Crippen molar-refractivity contribution >= 4 is 0 Å². The molecule has 0 bridgehead atoms. The first-order chi connectivity index (χ1) is 6.95. The van der Waals surface area contributed by atoms with Gasteiger partial charge in [0.05, 0.1) is 7.11 Å². The molecule has 0 fully saturated rings. The van der Waals surface area contributed by atoms with E-state index in [4.69, 9.17) is 9.84 Å². The second-order valence-electron chi connectivity index (χ2n) is 2.93. The van der Waals surface area contributed by atoms with E-state index >= 15 is 0 Å². The van der Waals surface area contributed by atoms with Gasteiger partial charge in [-0.15, -0.1) is 0 Å². The molecule has 0 saturated heterocycles. The third kappa shape index (κ3) is 3.09. The molecule has 0 aliphatic carbocycles. The summed E-state index contributed by atoms with van der Waals surface area (Å²) in [6.07, 6.45) is -6.17. The molecule has 0 saturated carbocycles. The predicted octanol–water partition coefficient (Wildman–Crippen LogP) is 1.56. The normalized spacial score (nSPS) is 13.7. The molecule has 0 aromatic carbocycles. The highest BCUT2D eigenvalue weighted by molar-refractivity contribution is 5.26. The number of aliphatic hydroxyl groups excluding tert-OH is 1. The molecule has 1 aromatic heterocycles. The Hall–Kier alpha value is -1.30. The van der Waals surface area contributed by atoms with Crippen molar-refractivity contribution in [2.24, 2.45) is 0 Å². The number of hydrogen-bond acceptors (Lipinski definition) is 3. The van der Waals surface area contributed by atoms with E-state index in [0.29, 0.717) is 0 Å². The van der Waals surface area contributed by atoms with Crippen LogP contribution in [0.15, 0.2) is 18.3 Å². The average molecular weight is 221 g/mol. The largest absolute Gasteiger partial charge is 0.481 e. The van der Waals surface area contributed by atoms with Gasteiger partial charge >= 0.3 is 6.18 Å². The molecular weight excluding hydrogens is 211 g/mol. The number of aromatic nitrogens is 1. The van der Waals surface area contributed by atoms with E-state index in [0.717, 1.165) is 0 Å². The summed E-state index contributed by atoms with van der Waals surface area (Å²) in [5, 5.41) is 8.85. The topological polar surface area (TPSA) is 42.4 Å². The molecule has 1 unspecified atom stereocenters. The highest BCUT2D eigenvalue weighted by Crippen LogP contribution is 2.25. The first-order valence-electron chi connectivity index (χ1n) is 4.18. The minimum atomic E-state index is -4.62. The highest BCUT2D eigenvalue weighted by atomic mass is 19.4. The van der Waals surface area contributed by atoms with Gasteiger partial charge in [-0.25, -0.2) is 4.98 Å². The smallest absolute Gasteiger partial charge is 0.414 e. The Morgan fingerprint density at radius 2 is 2.20 bits per heavy atom. The molecule has 0 amide bonds. The third-order valence-corrected chi connectivity index (χ3v) is 1.83. The SMILES string of the molecule is COc1ncccc1CC(O)C(F)(F)F. The summed E-state index contributed by atoms with van der Waals surface area (Å²) < 4.78 is 40.9. The number of halogens is 3. The third-order valence-electron chi connectivity index (χ3n) is 1.83.